The van der Waals surface area contributed by atoms with Gasteiger partial charge in [-0.2, -0.15) is 0 Å². The van der Waals surface area contributed by atoms with E-state index in [1.807, 2.05) is 0 Å². The zero-order valence-corrected chi connectivity index (χ0v) is 22.2. The fourth-order valence-corrected chi connectivity index (χ4v) is 5.15. The summed E-state index contributed by atoms with van der Waals surface area (Å²) >= 11 is 3.54. The van der Waals surface area contributed by atoms with Gasteiger partial charge in [0, 0.05) is 56.4 Å². The fraction of sp³-hybridized carbons (Fsp3) is 0.357. The Morgan fingerprint density at radius 3 is 1.47 bits per heavy atom. The molecule has 0 spiro atoms. The molecule has 0 saturated carbocycles. The minimum absolute atomic E-state index is 0.987. The molecular weight excluding hydrogens is 456 g/mol. The van der Waals surface area contributed by atoms with E-state index in [0.717, 1.165) is 35.5 Å². The van der Waals surface area contributed by atoms with E-state index < -0.39 is 0 Å². The number of nitrogens with zero attached hydrogens (tertiary/aromatic N) is 2. The van der Waals surface area contributed by atoms with Crippen LogP contribution < -0.4 is 10.6 Å². The summed E-state index contributed by atoms with van der Waals surface area (Å²) < 4.78 is 0. The van der Waals surface area contributed by atoms with Gasteiger partial charge in [0.15, 0.2) is 0 Å². The van der Waals surface area contributed by atoms with Gasteiger partial charge in [-0.1, -0.05) is 12.8 Å². The van der Waals surface area contributed by atoms with Crippen LogP contribution in [0.5, 0.6) is 0 Å². The van der Waals surface area contributed by atoms with Crippen LogP contribution in [0, 0.1) is 13.8 Å². The third-order valence-electron chi connectivity index (χ3n) is 6.02. The van der Waals surface area contributed by atoms with Gasteiger partial charge >= 0.3 is 0 Å². The normalized spacial score (nSPS) is 11.3. The molecule has 0 amide bonds. The minimum Gasteiger partial charge on any atom is -0.384 e. The lowest BCUT2D eigenvalue weighted by Crippen LogP contribution is -2.05. The molecule has 2 N–H and O–H groups in total. The summed E-state index contributed by atoms with van der Waals surface area (Å²) in [5.41, 5.74) is 6.64. The molecule has 2 heterocycles. The van der Waals surface area contributed by atoms with Gasteiger partial charge in [-0.3, -0.25) is 9.97 Å². The molecule has 0 unspecified atom stereocenters. The van der Waals surface area contributed by atoms with Crippen LogP contribution in [0.1, 0.15) is 37.1 Å². The Hall–Kier alpha value is -2.44. The van der Waals surface area contributed by atoms with Crippen molar-refractivity contribution in [3.63, 3.8) is 0 Å². The number of unbranched alkanes of at least 4 members (excludes halogenated alkanes) is 3. The van der Waals surface area contributed by atoms with E-state index in [1.165, 1.54) is 57.6 Å². The van der Waals surface area contributed by atoms with Crippen molar-refractivity contribution in [1.29, 1.82) is 0 Å². The highest BCUT2D eigenvalue weighted by atomic mass is 32.2. The average molecular weight is 491 g/mol. The number of aromatic nitrogens is 2. The van der Waals surface area contributed by atoms with Gasteiger partial charge in [-0.15, -0.1) is 23.5 Å². The van der Waals surface area contributed by atoms with Crippen LogP contribution in [0.25, 0.3) is 21.8 Å². The summed E-state index contributed by atoms with van der Waals surface area (Å²) in [7, 11) is 0. The van der Waals surface area contributed by atoms with E-state index in [4.69, 9.17) is 0 Å². The van der Waals surface area contributed by atoms with Crippen molar-refractivity contribution in [2.75, 3.05) is 36.2 Å². The highest BCUT2D eigenvalue weighted by Gasteiger charge is 2.07. The number of fused-ring (bicyclic) bond motifs is 2. The summed E-state index contributed by atoms with van der Waals surface area (Å²) in [6.07, 6.45) is 9.01. The van der Waals surface area contributed by atoms with Gasteiger partial charge in [-0.25, -0.2) is 0 Å². The maximum absolute atomic E-state index is 4.69. The Morgan fingerprint density at radius 1 is 0.618 bits per heavy atom. The predicted octanol–water partition coefficient (Wildman–Crippen LogP) is 7.93. The quantitative estimate of drug-likeness (QED) is 0.164. The van der Waals surface area contributed by atoms with Gasteiger partial charge in [-0.05, 0) is 87.7 Å². The topological polar surface area (TPSA) is 49.8 Å². The molecule has 0 bridgehead atoms. The highest BCUT2D eigenvalue weighted by molar-refractivity contribution is 7.98. The van der Waals surface area contributed by atoms with Gasteiger partial charge in [0.1, 0.15) is 0 Å². The lowest BCUT2D eigenvalue weighted by molar-refractivity contribution is 0.671. The summed E-state index contributed by atoms with van der Waals surface area (Å²) in [5.74, 6) is 0. The number of anilines is 2. The number of nitrogens with one attached hydrogen (secondary N) is 2. The van der Waals surface area contributed by atoms with Crippen molar-refractivity contribution in [3.8, 4) is 0 Å². The second-order valence-corrected chi connectivity index (χ2v) is 10.4. The first-order valence-electron chi connectivity index (χ1n) is 12.0. The SMILES string of the molecule is CSc1ccc2nc(C)cc(NCCCCCCNc3cc(C)nc4ccc(SC)cc34)c2c1. The molecule has 0 atom stereocenters. The zero-order valence-electron chi connectivity index (χ0n) is 20.6. The number of benzene rings is 2. The molecular formula is C28H34N4S2. The third-order valence-corrected chi connectivity index (χ3v) is 7.47. The molecule has 4 rings (SSSR count). The number of thioether (sulfide) groups is 2. The fourth-order valence-electron chi connectivity index (χ4n) is 4.27. The van der Waals surface area contributed by atoms with Gasteiger partial charge < -0.3 is 10.6 Å². The highest BCUT2D eigenvalue weighted by Crippen LogP contribution is 2.29. The molecule has 4 aromatic rings. The number of pyridine rings is 2. The monoisotopic (exact) mass is 490 g/mol. The van der Waals surface area contributed by atoms with E-state index in [-0.39, 0.29) is 0 Å². The van der Waals surface area contributed by atoms with Crippen molar-refractivity contribution < 1.29 is 0 Å². The summed E-state index contributed by atoms with van der Waals surface area (Å²) in [5, 5.41) is 9.75. The van der Waals surface area contributed by atoms with Crippen LogP contribution in [0.4, 0.5) is 11.4 Å². The minimum atomic E-state index is 0.987. The van der Waals surface area contributed by atoms with Gasteiger partial charge in [0.2, 0.25) is 0 Å². The lowest BCUT2D eigenvalue weighted by Gasteiger charge is -2.13. The van der Waals surface area contributed by atoms with Gasteiger partial charge in [0.25, 0.3) is 0 Å². The Balaban J connectivity index is 1.24. The van der Waals surface area contributed by atoms with Crippen molar-refractivity contribution in [2.24, 2.45) is 0 Å². The second-order valence-electron chi connectivity index (χ2n) is 8.66. The van der Waals surface area contributed by atoms with Crippen LogP contribution in [0.2, 0.25) is 0 Å². The van der Waals surface area contributed by atoms with Crippen molar-refractivity contribution in [3.05, 3.63) is 59.9 Å². The molecule has 4 nitrogen and oxygen atoms in total. The molecule has 6 heteroatoms. The largest absolute Gasteiger partial charge is 0.384 e. The standard InChI is InChI=1S/C28H34N4S2/c1-19-15-27(23-17-21(33-3)9-11-25(23)31-19)29-13-7-5-6-8-14-30-28-16-20(2)32-26-12-10-22(34-4)18-24(26)28/h9-12,15-18H,5-8,13-14H2,1-4H3,(H,29,31)(H,30,32). The Labute approximate surface area is 211 Å². The number of rotatable bonds is 11. The molecule has 0 aliphatic rings. The van der Waals surface area contributed by atoms with Crippen LogP contribution >= 0.6 is 23.5 Å². The molecule has 0 saturated heterocycles. The Morgan fingerprint density at radius 2 is 1.06 bits per heavy atom. The Bertz CT molecular complexity index is 1170. The van der Waals surface area contributed by atoms with Gasteiger partial charge in [0.05, 0.1) is 11.0 Å². The number of hydrogen-bond donors (Lipinski definition) is 2. The first kappa shape index (κ1) is 24.7. The molecule has 0 aliphatic carbocycles. The predicted molar refractivity (Wildman–Crippen MR) is 152 cm³/mol. The lowest BCUT2D eigenvalue weighted by atomic mass is 10.1. The average Bonchev–Trinajstić information content (AvgIpc) is 2.84. The summed E-state index contributed by atoms with van der Waals surface area (Å²) in [6, 6.07) is 17.4. The van der Waals surface area contributed by atoms with E-state index >= 15 is 0 Å². The van der Waals surface area contributed by atoms with Crippen molar-refractivity contribution in [1.82, 2.24) is 9.97 Å². The number of hydrogen-bond acceptors (Lipinski definition) is 6. The van der Waals surface area contributed by atoms with Crippen molar-refractivity contribution in [2.45, 2.75) is 49.3 Å². The van der Waals surface area contributed by atoms with Crippen LogP contribution in [-0.4, -0.2) is 35.6 Å². The van der Waals surface area contributed by atoms with Crippen LogP contribution in [-0.2, 0) is 0 Å². The second kappa shape index (κ2) is 11.8. The zero-order chi connectivity index (χ0) is 23.9. The number of aryl methyl sites for hydroxylation is 2. The molecule has 2 aromatic carbocycles. The first-order chi connectivity index (χ1) is 16.6. The Kier molecular flexibility index (Phi) is 8.57. The molecule has 34 heavy (non-hydrogen) atoms. The summed E-state index contributed by atoms with van der Waals surface area (Å²) in [6.45, 7) is 6.10. The van der Waals surface area contributed by atoms with Crippen LogP contribution in [0.15, 0.2) is 58.3 Å². The molecule has 0 aliphatic heterocycles. The molecule has 2 aromatic heterocycles. The molecule has 178 valence electrons. The van der Waals surface area contributed by atoms with E-state index in [1.54, 1.807) is 23.5 Å². The maximum atomic E-state index is 4.69. The summed E-state index contributed by atoms with van der Waals surface area (Å²) in [4.78, 5) is 11.9. The first-order valence-corrected chi connectivity index (χ1v) is 14.4. The van der Waals surface area contributed by atoms with E-state index in [0.29, 0.717) is 0 Å². The van der Waals surface area contributed by atoms with E-state index in [2.05, 4.69) is 95.5 Å². The van der Waals surface area contributed by atoms with E-state index in [9.17, 15) is 0 Å². The third kappa shape index (κ3) is 6.16. The molecule has 0 fully saturated rings. The van der Waals surface area contributed by atoms with Crippen LogP contribution in [0.3, 0.4) is 0 Å². The molecule has 0 radical (unpaired) electrons. The van der Waals surface area contributed by atoms with Crippen molar-refractivity contribution >= 4 is 56.7 Å². The maximum Gasteiger partial charge on any atom is 0.0726 e. The smallest absolute Gasteiger partial charge is 0.0726 e.